The lowest BCUT2D eigenvalue weighted by Crippen LogP contribution is -2.55. The van der Waals surface area contributed by atoms with E-state index in [1.807, 2.05) is 18.2 Å². The molecule has 0 aromatic heterocycles. The van der Waals surface area contributed by atoms with Crippen molar-refractivity contribution < 1.29 is 9.13 Å². The first-order valence-corrected chi connectivity index (χ1v) is 8.90. The Labute approximate surface area is 150 Å². The van der Waals surface area contributed by atoms with Gasteiger partial charge in [-0.15, -0.1) is 0 Å². The van der Waals surface area contributed by atoms with Gasteiger partial charge in [-0.05, 0) is 49.2 Å². The van der Waals surface area contributed by atoms with E-state index in [2.05, 4.69) is 35.8 Å². The lowest BCUT2D eigenvalue weighted by atomic mass is 10.1. The summed E-state index contributed by atoms with van der Waals surface area (Å²) >= 11 is 0. The molecule has 3 nitrogen and oxygen atoms in total. The summed E-state index contributed by atoms with van der Waals surface area (Å²) in [7, 11) is 1.70. The molecule has 1 saturated heterocycles. The Hall–Kier alpha value is -1.91. The van der Waals surface area contributed by atoms with Crippen molar-refractivity contribution in [3.8, 4) is 5.75 Å². The van der Waals surface area contributed by atoms with Gasteiger partial charge in [0, 0.05) is 38.3 Å². The molecule has 134 valence electrons. The summed E-state index contributed by atoms with van der Waals surface area (Å²) in [5, 5.41) is 0. The van der Waals surface area contributed by atoms with Crippen molar-refractivity contribution >= 4 is 0 Å². The van der Waals surface area contributed by atoms with Crippen LogP contribution in [-0.2, 0) is 13.1 Å². The Bertz CT molecular complexity index is 706. The molecular formula is C21H27FN2O. The smallest absolute Gasteiger partial charge is 0.123 e. The maximum Gasteiger partial charge on any atom is 0.123 e. The van der Waals surface area contributed by atoms with Crippen LogP contribution in [0.3, 0.4) is 0 Å². The van der Waals surface area contributed by atoms with Crippen LogP contribution in [-0.4, -0.2) is 42.1 Å². The summed E-state index contributed by atoms with van der Waals surface area (Å²) in [6.07, 6.45) is 0. The average molecular weight is 342 g/mol. The second kappa shape index (κ2) is 7.98. The van der Waals surface area contributed by atoms with Crippen LogP contribution in [0, 0.1) is 5.82 Å². The Morgan fingerprint density at radius 1 is 0.920 bits per heavy atom. The molecule has 0 radical (unpaired) electrons. The maximum absolute atomic E-state index is 13.4. The van der Waals surface area contributed by atoms with Crippen molar-refractivity contribution in [3.05, 3.63) is 65.5 Å². The fraction of sp³-hybridized carbons (Fsp3) is 0.429. The molecule has 2 atom stereocenters. The summed E-state index contributed by atoms with van der Waals surface area (Å²) in [5.74, 6) is 0.748. The molecule has 0 bridgehead atoms. The van der Waals surface area contributed by atoms with Crippen molar-refractivity contribution in [2.45, 2.75) is 39.0 Å². The summed E-state index contributed by atoms with van der Waals surface area (Å²) in [5.41, 5.74) is 2.32. The first-order valence-electron chi connectivity index (χ1n) is 8.90. The fourth-order valence-corrected chi connectivity index (χ4v) is 3.59. The molecule has 2 aromatic carbocycles. The lowest BCUT2D eigenvalue weighted by molar-refractivity contribution is 0.0327. The van der Waals surface area contributed by atoms with Crippen LogP contribution in [0.15, 0.2) is 48.5 Å². The zero-order chi connectivity index (χ0) is 17.8. The van der Waals surface area contributed by atoms with Crippen LogP contribution in [0.2, 0.25) is 0 Å². The molecular weight excluding hydrogens is 315 g/mol. The molecule has 0 spiro atoms. The van der Waals surface area contributed by atoms with Gasteiger partial charge in [0.2, 0.25) is 0 Å². The molecule has 0 aliphatic carbocycles. The van der Waals surface area contributed by atoms with Gasteiger partial charge in [0.1, 0.15) is 11.6 Å². The third-order valence-corrected chi connectivity index (χ3v) is 5.04. The van der Waals surface area contributed by atoms with Crippen molar-refractivity contribution in [1.82, 2.24) is 9.80 Å². The van der Waals surface area contributed by atoms with Gasteiger partial charge < -0.3 is 4.74 Å². The number of ether oxygens (including phenoxy) is 1. The standard InChI is InChI=1S/C21H27FN2O/c1-16-13-24(15-19-7-5-9-21(11-19)25-3)17(2)12-23(16)14-18-6-4-8-20(22)10-18/h4-11,16-17H,12-15H2,1-3H3/t16-,17+/m1/s1. The monoisotopic (exact) mass is 342 g/mol. The molecule has 1 aliphatic heterocycles. The summed E-state index contributed by atoms with van der Waals surface area (Å²) in [4.78, 5) is 4.96. The van der Waals surface area contributed by atoms with Crippen molar-refractivity contribution in [3.63, 3.8) is 0 Å². The maximum atomic E-state index is 13.4. The van der Waals surface area contributed by atoms with Gasteiger partial charge in [-0.25, -0.2) is 4.39 Å². The second-order valence-electron chi connectivity index (χ2n) is 7.04. The van der Waals surface area contributed by atoms with E-state index in [4.69, 9.17) is 4.74 Å². The van der Waals surface area contributed by atoms with Crippen LogP contribution in [0.5, 0.6) is 5.75 Å². The molecule has 4 heteroatoms. The van der Waals surface area contributed by atoms with Crippen LogP contribution >= 0.6 is 0 Å². The van der Waals surface area contributed by atoms with Gasteiger partial charge in [0.25, 0.3) is 0 Å². The molecule has 0 N–H and O–H groups in total. The molecule has 3 rings (SSSR count). The number of methoxy groups -OCH3 is 1. The summed E-state index contributed by atoms with van der Waals surface area (Å²) in [6.45, 7) is 8.25. The third kappa shape index (κ3) is 4.59. The normalized spacial score (nSPS) is 22.1. The molecule has 1 heterocycles. The largest absolute Gasteiger partial charge is 0.497 e. The van der Waals surface area contributed by atoms with E-state index in [1.165, 1.54) is 11.6 Å². The van der Waals surface area contributed by atoms with Crippen LogP contribution in [0.25, 0.3) is 0 Å². The van der Waals surface area contributed by atoms with Crippen LogP contribution < -0.4 is 4.74 Å². The quantitative estimate of drug-likeness (QED) is 0.819. The minimum atomic E-state index is -0.158. The Morgan fingerprint density at radius 2 is 1.48 bits per heavy atom. The predicted molar refractivity (Wildman–Crippen MR) is 99.1 cm³/mol. The Morgan fingerprint density at radius 3 is 2.04 bits per heavy atom. The van der Waals surface area contributed by atoms with Gasteiger partial charge in [0.15, 0.2) is 0 Å². The number of rotatable bonds is 5. The van der Waals surface area contributed by atoms with E-state index in [-0.39, 0.29) is 5.82 Å². The third-order valence-electron chi connectivity index (χ3n) is 5.04. The van der Waals surface area contributed by atoms with Crippen molar-refractivity contribution in [2.24, 2.45) is 0 Å². The topological polar surface area (TPSA) is 15.7 Å². The first kappa shape index (κ1) is 17.9. The van der Waals surface area contributed by atoms with Crippen LogP contribution in [0.1, 0.15) is 25.0 Å². The predicted octanol–water partition coefficient (Wildman–Crippen LogP) is 3.93. The van der Waals surface area contributed by atoms with E-state index < -0.39 is 0 Å². The van der Waals surface area contributed by atoms with Crippen molar-refractivity contribution in [1.29, 1.82) is 0 Å². The Kier molecular flexibility index (Phi) is 5.71. The second-order valence-corrected chi connectivity index (χ2v) is 7.04. The number of benzene rings is 2. The van der Waals surface area contributed by atoms with Gasteiger partial charge in [0.05, 0.1) is 7.11 Å². The minimum Gasteiger partial charge on any atom is -0.497 e. The molecule has 1 aliphatic rings. The molecule has 25 heavy (non-hydrogen) atoms. The molecule has 0 unspecified atom stereocenters. The van der Waals surface area contributed by atoms with E-state index in [0.717, 1.165) is 37.5 Å². The number of hydrogen-bond donors (Lipinski definition) is 0. The van der Waals surface area contributed by atoms with Gasteiger partial charge in [-0.2, -0.15) is 0 Å². The lowest BCUT2D eigenvalue weighted by Gasteiger charge is -2.44. The van der Waals surface area contributed by atoms with Gasteiger partial charge in [-0.3, -0.25) is 9.80 Å². The number of hydrogen-bond acceptors (Lipinski definition) is 3. The molecule has 2 aromatic rings. The summed E-state index contributed by atoms with van der Waals surface area (Å²) in [6, 6.07) is 16.1. The van der Waals surface area contributed by atoms with Gasteiger partial charge in [-0.1, -0.05) is 24.3 Å². The summed E-state index contributed by atoms with van der Waals surface area (Å²) < 4.78 is 18.8. The zero-order valence-corrected chi connectivity index (χ0v) is 15.3. The number of nitrogens with zero attached hydrogens (tertiary/aromatic N) is 2. The SMILES string of the molecule is COc1cccc(CN2C[C@@H](C)N(Cc3cccc(F)c3)C[C@@H]2C)c1. The first-order chi connectivity index (χ1) is 12.0. The van der Waals surface area contributed by atoms with E-state index in [1.54, 1.807) is 19.2 Å². The van der Waals surface area contributed by atoms with Gasteiger partial charge >= 0.3 is 0 Å². The molecule has 0 amide bonds. The van der Waals surface area contributed by atoms with Crippen molar-refractivity contribution in [2.75, 3.05) is 20.2 Å². The highest BCUT2D eigenvalue weighted by molar-refractivity contribution is 5.28. The highest BCUT2D eigenvalue weighted by Crippen LogP contribution is 2.22. The van der Waals surface area contributed by atoms with E-state index >= 15 is 0 Å². The van der Waals surface area contributed by atoms with E-state index in [0.29, 0.717) is 12.1 Å². The molecule has 0 saturated carbocycles. The average Bonchev–Trinajstić information content (AvgIpc) is 2.59. The molecule has 1 fully saturated rings. The highest BCUT2D eigenvalue weighted by atomic mass is 19.1. The highest BCUT2D eigenvalue weighted by Gasteiger charge is 2.28. The number of halogens is 1. The fourth-order valence-electron chi connectivity index (χ4n) is 3.59. The van der Waals surface area contributed by atoms with E-state index in [9.17, 15) is 4.39 Å². The number of piperazine rings is 1. The zero-order valence-electron chi connectivity index (χ0n) is 15.3. The Balaban J connectivity index is 1.63. The minimum absolute atomic E-state index is 0.158. The van der Waals surface area contributed by atoms with Crippen LogP contribution in [0.4, 0.5) is 4.39 Å².